The predicted molar refractivity (Wildman–Crippen MR) is 58.3 cm³/mol. The first-order valence-corrected chi connectivity index (χ1v) is 5.43. The Morgan fingerprint density at radius 1 is 1.25 bits per heavy atom. The van der Waals surface area contributed by atoms with Gasteiger partial charge in [-0.2, -0.15) is 0 Å². The molecule has 1 aromatic carbocycles. The first-order valence-electron chi connectivity index (χ1n) is 5.43. The second kappa shape index (κ2) is 5.30. The molecule has 1 fully saturated rings. The van der Waals surface area contributed by atoms with Crippen molar-refractivity contribution >= 4 is 0 Å². The molecule has 0 spiro atoms. The molecule has 2 rings (SSSR count). The number of rotatable bonds is 3. The lowest BCUT2D eigenvalue weighted by molar-refractivity contribution is -0.144. The lowest BCUT2D eigenvalue weighted by Gasteiger charge is -2.31. The van der Waals surface area contributed by atoms with Crippen LogP contribution < -0.4 is 4.74 Å². The molecule has 0 bridgehead atoms. The molecule has 4 heteroatoms. The molecule has 0 amide bonds. The first-order chi connectivity index (χ1) is 7.77. The second-order valence-corrected chi connectivity index (χ2v) is 3.88. The average Bonchev–Trinajstić information content (AvgIpc) is 2.32. The average molecular weight is 224 g/mol. The molecule has 1 aromatic rings. The summed E-state index contributed by atoms with van der Waals surface area (Å²) in [7, 11) is 0. The van der Waals surface area contributed by atoms with Gasteiger partial charge >= 0.3 is 0 Å². The van der Waals surface area contributed by atoms with Gasteiger partial charge in [0.2, 0.25) is 0 Å². The van der Waals surface area contributed by atoms with E-state index in [-0.39, 0.29) is 6.61 Å². The standard InChI is InChI=1S/C12H16O4/c13-10-6-7-15-11(12(10)14)8-16-9-4-2-1-3-5-9/h1-5,10-14H,6-8H2. The van der Waals surface area contributed by atoms with Crippen LogP contribution in [0.25, 0.3) is 0 Å². The molecule has 3 unspecified atom stereocenters. The molecule has 0 aliphatic carbocycles. The van der Waals surface area contributed by atoms with E-state index >= 15 is 0 Å². The summed E-state index contributed by atoms with van der Waals surface area (Å²) in [6, 6.07) is 9.34. The minimum absolute atomic E-state index is 0.252. The van der Waals surface area contributed by atoms with Crippen LogP contribution in [0, 0.1) is 0 Å². The van der Waals surface area contributed by atoms with Gasteiger partial charge in [0.1, 0.15) is 24.6 Å². The largest absolute Gasteiger partial charge is 0.491 e. The lowest BCUT2D eigenvalue weighted by atomic mass is 10.0. The summed E-state index contributed by atoms with van der Waals surface area (Å²) < 4.78 is 10.8. The number of ether oxygens (including phenoxy) is 2. The summed E-state index contributed by atoms with van der Waals surface area (Å²) >= 11 is 0. The van der Waals surface area contributed by atoms with E-state index in [2.05, 4.69) is 0 Å². The molecule has 2 N–H and O–H groups in total. The van der Waals surface area contributed by atoms with Gasteiger partial charge < -0.3 is 19.7 Å². The maximum absolute atomic E-state index is 9.66. The number of para-hydroxylation sites is 1. The Kier molecular flexibility index (Phi) is 3.77. The zero-order valence-electron chi connectivity index (χ0n) is 8.95. The molecule has 0 radical (unpaired) electrons. The van der Waals surface area contributed by atoms with Crippen LogP contribution in [0.3, 0.4) is 0 Å². The van der Waals surface area contributed by atoms with E-state index in [0.717, 1.165) is 5.75 Å². The molecule has 1 heterocycles. The highest BCUT2D eigenvalue weighted by Gasteiger charge is 2.31. The van der Waals surface area contributed by atoms with Gasteiger partial charge in [0.15, 0.2) is 0 Å². The fourth-order valence-corrected chi connectivity index (χ4v) is 1.70. The van der Waals surface area contributed by atoms with Crippen molar-refractivity contribution in [2.45, 2.75) is 24.7 Å². The Morgan fingerprint density at radius 2 is 2.00 bits per heavy atom. The van der Waals surface area contributed by atoms with Crippen molar-refractivity contribution in [2.75, 3.05) is 13.2 Å². The van der Waals surface area contributed by atoms with E-state index < -0.39 is 18.3 Å². The van der Waals surface area contributed by atoms with Gasteiger partial charge in [0.05, 0.1) is 6.10 Å². The highest BCUT2D eigenvalue weighted by Crippen LogP contribution is 2.16. The van der Waals surface area contributed by atoms with Crippen molar-refractivity contribution in [2.24, 2.45) is 0 Å². The third-order valence-corrected chi connectivity index (χ3v) is 2.68. The third kappa shape index (κ3) is 2.72. The van der Waals surface area contributed by atoms with Crippen LogP contribution in [0.2, 0.25) is 0 Å². The topological polar surface area (TPSA) is 58.9 Å². The minimum Gasteiger partial charge on any atom is -0.491 e. The SMILES string of the molecule is OC1CCOC(COc2ccccc2)C1O. The summed E-state index contributed by atoms with van der Waals surface area (Å²) in [5.41, 5.74) is 0. The van der Waals surface area contributed by atoms with Crippen molar-refractivity contribution in [3.05, 3.63) is 30.3 Å². The number of aliphatic hydroxyl groups excluding tert-OH is 2. The molecular formula is C12H16O4. The number of benzene rings is 1. The van der Waals surface area contributed by atoms with Crippen molar-refractivity contribution < 1.29 is 19.7 Å². The van der Waals surface area contributed by atoms with Crippen LogP contribution in [0.1, 0.15) is 6.42 Å². The Bertz CT molecular complexity index is 314. The molecule has 0 aromatic heterocycles. The van der Waals surface area contributed by atoms with Crippen molar-refractivity contribution in [3.63, 3.8) is 0 Å². The highest BCUT2D eigenvalue weighted by atomic mass is 16.5. The molecule has 0 saturated carbocycles. The summed E-state index contributed by atoms with van der Waals surface area (Å²) in [6.07, 6.45) is -1.55. The van der Waals surface area contributed by atoms with E-state index in [1.54, 1.807) is 0 Å². The van der Waals surface area contributed by atoms with E-state index in [1.807, 2.05) is 30.3 Å². The molecule has 16 heavy (non-hydrogen) atoms. The summed E-state index contributed by atoms with van der Waals surface area (Å²) in [6.45, 7) is 0.712. The maximum atomic E-state index is 9.66. The summed E-state index contributed by atoms with van der Waals surface area (Å²) in [4.78, 5) is 0. The van der Waals surface area contributed by atoms with Crippen molar-refractivity contribution in [3.8, 4) is 5.75 Å². The normalized spacial score (nSPS) is 30.0. The van der Waals surface area contributed by atoms with Crippen LogP contribution >= 0.6 is 0 Å². The zero-order chi connectivity index (χ0) is 11.4. The lowest BCUT2D eigenvalue weighted by Crippen LogP contribution is -2.47. The quantitative estimate of drug-likeness (QED) is 0.788. The van der Waals surface area contributed by atoms with Gasteiger partial charge in [0, 0.05) is 6.61 Å². The second-order valence-electron chi connectivity index (χ2n) is 3.88. The monoisotopic (exact) mass is 224 g/mol. The summed E-state index contributed by atoms with van der Waals surface area (Å²) in [5, 5.41) is 19.1. The van der Waals surface area contributed by atoms with Crippen LogP contribution in [0.4, 0.5) is 0 Å². The molecule has 1 aliphatic heterocycles. The Balaban J connectivity index is 1.85. The molecule has 3 atom stereocenters. The first kappa shape index (κ1) is 11.4. The molecule has 4 nitrogen and oxygen atoms in total. The number of aliphatic hydroxyl groups is 2. The zero-order valence-corrected chi connectivity index (χ0v) is 8.95. The van der Waals surface area contributed by atoms with E-state index in [0.29, 0.717) is 13.0 Å². The van der Waals surface area contributed by atoms with Crippen LogP contribution in [0.15, 0.2) is 30.3 Å². The molecule has 88 valence electrons. The van der Waals surface area contributed by atoms with Crippen LogP contribution in [0.5, 0.6) is 5.75 Å². The fraction of sp³-hybridized carbons (Fsp3) is 0.500. The Morgan fingerprint density at radius 3 is 2.75 bits per heavy atom. The van der Waals surface area contributed by atoms with Crippen LogP contribution in [-0.4, -0.2) is 41.7 Å². The minimum atomic E-state index is -0.863. The van der Waals surface area contributed by atoms with Gasteiger partial charge in [-0.25, -0.2) is 0 Å². The Hall–Kier alpha value is -1.10. The van der Waals surface area contributed by atoms with Gasteiger partial charge in [-0.05, 0) is 18.6 Å². The number of hydrogen-bond acceptors (Lipinski definition) is 4. The molecule has 1 saturated heterocycles. The van der Waals surface area contributed by atoms with Crippen LogP contribution in [-0.2, 0) is 4.74 Å². The maximum Gasteiger partial charge on any atom is 0.120 e. The summed E-state index contributed by atoms with van der Waals surface area (Å²) in [5.74, 6) is 0.735. The molecule has 1 aliphatic rings. The molecular weight excluding hydrogens is 208 g/mol. The van der Waals surface area contributed by atoms with Gasteiger partial charge in [-0.15, -0.1) is 0 Å². The third-order valence-electron chi connectivity index (χ3n) is 2.68. The van der Waals surface area contributed by atoms with E-state index in [4.69, 9.17) is 9.47 Å². The fourth-order valence-electron chi connectivity index (χ4n) is 1.70. The number of hydrogen-bond donors (Lipinski definition) is 2. The van der Waals surface area contributed by atoms with Gasteiger partial charge in [-0.1, -0.05) is 18.2 Å². The van der Waals surface area contributed by atoms with E-state index in [9.17, 15) is 10.2 Å². The van der Waals surface area contributed by atoms with Crippen molar-refractivity contribution in [1.29, 1.82) is 0 Å². The smallest absolute Gasteiger partial charge is 0.120 e. The predicted octanol–water partition coefficient (Wildman–Crippen LogP) is 0.576. The highest BCUT2D eigenvalue weighted by molar-refractivity contribution is 5.20. The van der Waals surface area contributed by atoms with Crippen molar-refractivity contribution in [1.82, 2.24) is 0 Å². The van der Waals surface area contributed by atoms with Gasteiger partial charge in [-0.3, -0.25) is 0 Å². The van der Waals surface area contributed by atoms with E-state index in [1.165, 1.54) is 0 Å². The van der Waals surface area contributed by atoms with Gasteiger partial charge in [0.25, 0.3) is 0 Å². The Labute approximate surface area is 94.4 Å².